The number of fused-ring (bicyclic) bond motifs is 1. The summed E-state index contributed by atoms with van der Waals surface area (Å²) < 4.78 is 2.03. The Morgan fingerprint density at radius 1 is 0.909 bits per heavy atom. The van der Waals surface area contributed by atoms with Crippen LogP contribution in [-0.4, -0.2) is 9.38 Å². The standard InChI is InChI=1S/C16H18N4.2ClH/c17-8-15-12-20-11-14(6-7-16(20)19-15)10-18-9-13-4-2-1-3-5-13;;/h1-7,11-12,18H,8-10,17H2;2*1H. The average Bonchev–Trinajstić information content (AvgIpc) is 2.91. The van der Waals surface area contributed by atoms with E-state index >= 15 is 0 Å². The number of nitrogens with two attached hydrogens (primary N) is 1. The van der Waals surface area contributed by atoms with Crippen LogP contribution in [-0.2, 0) is 19.6 Å². The minimum atomic E-state index is 0. The number of hydrogen-bond donors (Lipinski definition) is 2. The summed E-state index contributed by atoms with van der Waals surface area (Å²) in [6.45, 7) is 2.18. The normalized spacial score (nSPS) is 10.0. The summed E-state index contributed by atoms with van der Waals surface area (Å²) in [4.78, 5) is 4.42. The van der Waals surface area contributed by atoms with Gasteiger partial charge in [-0.2, -0.15) is 0 Å². The molecule has 6 heteroatoms. The van der Waals surface area contributed by atoms with Gasteiger partial charge < -0.3 is 15.5 Å². The van der Waals surface area contributed by atoms with Crippen LogP contribution in [0.2, 0.25) is 0 Å². The second-order valence-electron chi connectivity index (χ2n) is 4.83. The Kier molecular flexibility index (Phi) is 7.35. The van der Waals surface area contributed by atoms with Gasteiger partial charge in [0, 0.05) is 32.0 Å². The van der Waals surface area contributed by atoms with E-state index in [2.05, 4.69) is 46.8 Å². The van der Waals surface area contributed by atoms with Crippen molar-refractivity contribution in [1.82, 2.24) is 14.7 Å². The van der Waals surface area contributed by atoms with E-state index in [0.717, 1.165) is 24.4 Å². The Hall–Kier alpha value is -1.59. The number of rotatable bonds is 5. The topological polar surface area (TPSA) is 55.4 Å². The predicted octanol–water partition coefficient (Wildman–Crippen LogP) is 2.93. The first kappa shape index (κ1) is 18.5. The van der Waals surface area contributed by atoms with E-state index < -0.39 is 0 Å². The highest BCUT2D eigenvalue weighted by Crippen LogP contribution is 2.08. The number of imidazole rings is 1. The SMILES string of the molecule is Cl.Cl.NCc1cn2cc(CNCc3ccccc3)ccc2n1. The van der Waals surface area contributed by atoms with Crippen LogP contribution >= 0.6 is 24.8 Å². The second-order valence-corrected chi connectivity index (χ2v) is 4.83. The highest BCUT2D eigenvalue weighted by atomic mass is 35.5. The van der Waals surface area contributed by atoms with Gasteiger partial charge in [0.2, 0.25) is 0 Å². The maximum atomic E-state index is 5.61. The Morgan fingerprint density at radius 2 is 1.64 bits per heavy atom. The molecule has 0 aliphatic carbocycles. The van der Waals surface area contributed by atoms with Gasteiger partial charge in [0.05, 0.1) is 5.69 Å². The van der Waals surface area contributed by atoms with E-state index in [1.807, 2.05) is 22.7 Å². The number of nitrogens with zero attached hydrogens (tertiary/aromatic N) is 2. The average molecular weight is 339 g/mol. The molecule has 2 aromatic heterocycles. The molecule has 0 atom stereocenters. The van der Waals surface area contributed by atoms with Crippen LogP contribution in [0, 0.1) is 0 Å². The summed E-state index contributed by atoms with van der Waals surface area (Å²) in [5.41, 5.74) is 9.99. The van der Waals surface area contributed by atoms with Crippen LogP contribution in [0.15, 0.2) is 54.9 Å². The van der Waals surface area contributed by atoms with Gasteiger partial charge in [0.1, 0.15) is 5.65 Å². The lowest BCUT2D eigenvalue weighted by molar-refractivity contribution is 0.690. The molecule has 3 rings (SSSR count). The van der Waals surface area contributed by atoms with E-state index in [4.69, 9.17) is 5.73 Å². The molecule has 0 fully saturated rings. The first-order valence-electron chi connectivity index (χ1n) is 6.76. The second kappa shape index (κ2) is 8.76. The fourth-order valence-corrected chi connectivity index (χ4v) is 2.24. The summed E-state index contributed by atoms with van der Waals surface area (Å²) in [5, 5.41) is 3.45. The first-order chi connectivity index (χ1) is 9.85. The third-order valence-corrected chi connectivity index (χ3v) is 3.27. The maximum absolute atomic E-state index is 5.61. The number of aromatic nitrogens is 2. The molecule has 0 spiro atoms. The maximum Gasteiger partial charge on any atom is 0.137 e. The van der Waals surface area contributed by atoms with Gasteiger partial charge in [-0.15, -0.1) is 24.8 Å². The van der Waals surface area contributed by atoms with Crippen LogP contribution in [0.3, 0.4) is 0 Å². The zero-order chi connectivity index (χ0) is 13.8. The van der Waals surface area contributed by atoms with Crippen molar-refractivity contribution in [3.8, 4) is 0 Å². The van der Waals surface area contributed by atoms with Crippen molar-refractivity contribution in [2.45, 2.75) is 19.6 Å². The highest BCUT2D eigenvalue weighted by molar-refractivity contribution is 5.85. The van der Waals surface area contributed by atoms with E-state index in [0.29, 0.717) is 6.54 Å². The lowest BCUT2D eigenvalue weighted by Crippen LogP contribution is -2.12. The molecule has 118 valence electrons. The molecule has 4 nitrogen and oxygen atoms in total. The van der Waals surface area contributed by atoms with E-state index in [-0.39, 0.29) is 24.8 Å². The fraction of sp³-hybridized carbons (Fsp3) is 0.188. The van der Waals surface area contributed by atoms with Gasteiger partial charge in [0.15, 0.2) is 0 Å². The van der Waals surface area contributed by atoms with Crippen LogP contribution < -0.4 is 11.1 Å². The number of nitrogens with one attached hydrogen (secondary N) is 1. The lowest BCUT2D eigenvalue weighted by Gasteiger charge is -2.05. The summed E-state index contributed by atoms with van der Waals surface area (Å²) in [6.07, 6.45) is 4.08. The molecule has 0 saturated heterocycles. The smallest absolute Gasteiger partial charge is 0.137 e. The molecule has 22 heavy (non-hydrogen) atoms. The first-order valence-corrected chi connectivity index (χ1v) is 6.76. The van der Waals surface area contributed by atoms with Crippen molar-refractivity contribution in [1.29, 1.82) is 0 Å². The van der Waals surface area contributed by atoms with Gasteiger partial charge in [-0.05, 0) is 17.2 Å². The fourth-order valence-electron chi connectivity index (χ4n) is 2.24. The zero-order valence-corrected chi connectivity index (χ0v) is 13.7. The predicted molar refractivity (Wildman–Crippen MR) is 94.6 cm³/mol. The van der Waals surface area contributed by atoms with Gasteiger partial charge in [0.25, 0.3) is 0 Å². The largest absolute Gasteiger partial charge is 0.325 e. The third-order valence-electron chi connectivity index (χ3n) is 3.27. The minimum Gasteiger partial charge on any atom is -0.325 e. The van der Waals surface area contributed by atoms with Crippen molar-refractivity contribution < 1.29 is 0 Å². The molecule has 2 heterocycles. The van der Waals surface area contributed by atoms with E-state index in [1.165, 1.54) is 11.1 Å². The van der Waals surface area contributed by atoms with Crippen LogP contribution in [0.25, 0.3) is 5.65 Å². The quantitative estimate of drug-likeness (QED) is 0.751. The van der Waals surface area contributed by atoms with Gasteiger partial charge in [-0.25, -0.2) is 4.98 Å². The van der Waals surface area contributed by atoms with Crippen molar-refractivity contribution in [2.75, 3.05) is 0 Å². The van der Waals surface area contributed by atoms with E-state index in [1.54, 1.807) is 0 Å². The van der Waals surface area contributed by atoms with Gasteiger partial charge in [-0.3, -0.25) is 0 Å². The zero-order valence-electron chi connectivity index (χ0n) is 12.1. The Bertz CT molecular complexity index is 698. The molecule has 0 aliphatic rings. The Labute approximate surface area is 142 Å². The molecule has 3 aromatic rings. The molecular formula is C16H20Cl2N4. The number of hydrogen-bond acceptors (Lipinski definition) is 3. The molecule has 0 unspecified atom stereocenters. The van der Waals surface area contributed by atoms with Crippen molar-refractivity contribution in [3.05, 3.63) is 71.7 Å². The minimum absolute atomic E-state index is 0. The Morgan fingerprint density at radius 3 is 2.36 bits per heavy atom. The summed E-state index contributed by atoms with van der Waals surface area (Å²) >= 11 is 0. The molecule has 3 N–H and O–H groups in total. The molecule has 0 aliphatic heterocycles. The summed E-state index contributed by atoms with van der Waals surface area (Å²) in [6, 6.07) is 14.5. The number of benzene rings is 1. The molecule has 0 bridgehead atoms. The lowest BCUT2D eigenvalue weighted by atomic mass is 10.2. The molecule has 1 aromatic carbocycles. The van der Waals surface area contributed by atoms with Crippen molar-refractivity contribution >= 4 is 30.5 Å². The molecule has 0 radical (unpaired) electrons. The van der Waals surface area contributed by atoms with E-state index in [9.17, 15) is 0 Å². The third kappa shape index (κ3) is 4.45. The molecule has 0 amide bonds. The van der Waals surface area contributed by atoms with Crippen LogP contribution in [0.1, 0.15) is 16.8 Å². The van der Waals surface area contributed by atoms with Crippen LogP contribution in [0.5, 0.6) is 0 Å². The molecular weight excluding hydrogens is 319 g/mol. The van der Waals surface area contributed by atoms with Gasteiger partial charge in [-0.1, -0.05) is 36.4 Å². The summed E-state index contributed by atoms with van der Waals surface area (Å²) in [7, 11) is 0. The Balaban J connectivity index is 0.00000121. The van der Waals surface area contributed by atoms with Gasteiger partial charge >= 0.3 is 0 Å². The number of halogens is 2. The highest BCUT2D eigenvalue weighted by Gasteiger charge is 2.01. The monoisotopic (exact) mass is 338 g/mol. The van der Waals surface area contributed by atoms with Crippen molar-refractivity contribution in [3.63, 3.8) is 0 Å². The van der Waals surface area contributed by atoms with Crippen LogP contribution in [0.4, 0.5) is 0 Å². The van der Waals surface area contributed by atoms with Crippen molar-refractivity contribution in [2.24, 2.45) is 5.73 Å². The molecule has 0 saturated carbocycles. The summed E-state index contributed by atoms with van der Waals surface area (Å²) in [5.74, 6) is 0. The number of pyridine rings is 1.